The molecule has 0 radical (unpaired) electrons. The van der Waals surface area contributed by atoms with Crippen molar-refractivity contribution in [1.82, 2.24) is 0 Å². The zero-order valence-electron chi connectivity index (χ0n) is 10.2. The van der Waals surface area contributed by atoms with Gasteiger partial charge in [-0.1, -0.05) is 36.6 Å². The first-order valence-corrected chi connectivity index (χ1v) is 6.67. The Morgan fingerprint density at radius 1 is 1.35 bits per heavy atom. The van der Waals surface area contributed by atoms with E-state index in [4.69, 9.17) is 17.3 Å². The van der Waals surface area contributed by atoms with E-state index in [-0.39, 0.29) is 6.04 Å². The lowest BCUT2D eigenvalue weighted by Crippen LogP contribution is -2.32. The maximum Gasteiger partial charge on any atom is 0.0761 e. The number of aryl methyl sites for hydroxylation is 1. The van der Waals surface area contributed by atoms with E-state index in [1.165, 1.54) is 12.8 Å². The van der Waals surface area contributed by atoms with Gasteiger partial charge in [-0.25, -0.2) is 0 Å². The Balaban J connectivity index is 2.20. The highest BCUT2D eigenvalue weighted by atomic mass is 35.5. The molecule has 1 aliphatic carbocycles. The summed E-state index contributed by atoms with van der Waals surface area (Å²) in [5, 5.41) is 11.0. The van der Waals surface area contributed by atoms with Crippen molar-refractivity contribution in [2.45, 2.75) is 44.8 Å². The van der Waals surface area contributed by atoms with Gasteiger partial charge in [0.2, 0.25) is 0 Å². The molecule has 3 N–H and O–H groups in total. The zero-order chi connectivity index (χ0) is 12.4. The van der Waals surface area contributed by atoms with Gasteiger partial charge >= 0.3 is 0 Å². The molecular formula is C14H20ClNO. The van der Waals surface area contributed by atoms with Crippen molar-refractivity contribution < 1.29 is 5.11 Å². The quantitative estimate of drug-likeness (QED) is 0.869. The van der Waals surface area contributed by atoms with Crippen molar-refractivity contribution in [1.29, 1.82) is 0 Å². The molecule has 0 spiro atoms. The first-order chi connectivity index (χ1) is 8.11. The van der Waals surface area contributed by atoms with Crippen molar-refractivity contribution in [2.75, 3.05) is 0 Å². The molecule has 3 heteroatoms. The van der Waals surface area contributed by atoms with E-state index in [2.05, 4.69) is 0 Å². The molecule has 1 aromatic carbocycles. The molecule has 0 unspecified atom stereocenters. The molecule has 1 aromatic rings. The van der Waals surface area contributed by atoms with Crippen molar-refractivity contribution in [3.05, 3.63) is 34.3 Å². The summed E-state index contributed by atoms with van der Waals surface area (Å²) in [6, 6.07) is 5.37. The maximum absolute atomic E-state index is 10.3. The molecule has 0 aliphatic heterocycles. The number of aliphatic hydroxyl groups is 1. The topological polar surface area (TPSA) is 46.2 Å². The molecule has 17 heavy (non-hydrogen) atoms. The molecular weight excluding hydrogens is 234 g/mol. The van der Waals surface area contributed by atoms with Crippen LogP contribution in [0.1, 0.15) is 42.9 Å². The Kier molecular flexibility index (Phi) is 4.08. The molecule has 0 aromatic heterocycles. The van der Waals surface area contributed by atoms with Gasteiger partial charge < -0.3 is 10.8 Å². The van der Waals surface area contributed by atoms with Gasteiger partial charge in [-0.05, 0) is 42.9 Å². The fourth-order valence-corrected chi connectivity index (χ4v) is 3.18. The van der Waals surface area contributed by atoms with Crippen LogP contribution in [0.5, 0.6) is 0 Å². The molecule has 2 rings (SSSR count). The SMILES string of the molecule is Cc1cccc(Cl)c1[C@@H](N)[C@@H](O)C1CCCC1. The first kappa shape index (κ1) is 12.9. The van der Waals surface area contributed by atoms with Crippen LogP contribution in [0, 0.1) is 12.8 Å². The lowest BCUT2D eigenvalue weighted by Gasteiger charge is -2.26. The molecule has 1 saturated carbocycles. The number of halogens is 1. The zero-order valence-corrected chi connectivity index (χ0v) is 11.0. The Labute approximate surface area is 108 Å². The highest BCUT2D eigenvalue weighted by Crippen LogP contribution is 2.35. The van der Waals surface area contributed by atoms with Crippen LogP contribution in [-0.2, 0) is 0 Å². The van der Waals surface area contributed by atoms with Crippen LogP contribution < -0.4 is 5.73 Å². The average molecular weight is 254 g/mol. The van der Waals surface area contributed by atoms with Crippen molar-refractivity contribution in [3.8, 4) is 0 Å². The lowest BCUT2D eigenvalue weighted by atomic mass is 9.89. The van der Waals surface area contributed by atoms with Gasteiger partial charge in [0, 0.05) is 5.02 Å². The van der Waals surface area contributed by atoms with E-state index >= 15 is 0 Å². The molecule has 0 saturated heterocycles. The maximum atomic E-state index is 10.3. The third-order valence-corrected chi connectivity index (χ3v) is 4.18. The van der Waals surface area contributed by atoms with Crippen LogP contribution in [0.15, 0.2) is 18.2 Å². The van der Waals surface area contributed by atoms with Gasteiger partial charge in [0.05, 0.1) is 12.1 Å². The number of hydrogen-bond acceptors (Lipinski definition) is 2. The average Bonchev–Trinajstić information content (AvgIpc) is 2.81. The predicted octanol–water partition coefficient (Wildman–Crippen LogP) is 3.20. The van der Waals surface area contributed by atoms with Crippen molar-refractivity contribution in [3.63, 3.8) is 0 Å². The monoisotopic (exact) mass is 253 g/mol. The largest absolute Gasteiger partial charge is 0.391 e. The smallest absolute Gasteiger partial charge is 0.0761 e. The fraction of sp³-hybridized carbons (Fsp3) is 0.571. The Morgan fingerprint density at radius 3 is 2.59 bits per heavy atom. The summed E-state index contributed by atoms with van der Waals surface area (Å²) in [5.41, 5.74) is 8.14. The minimum atomic E-state index is -0.476. The first-order valence-electron chi connectivity index (χ1n) is 6.30. The lowest BCUT2D eigenvalue weighted by molar-refractivity contribution is 0.0843. The summed E-state index contributed by atoms with van der Waals surface area (Å²) in [6.45, 7) is 1.99. The third-order valence-electron chi connectivity index (χ3n) is 3.86. The van der Waals surface area contributed by atoms with Gasteiger partial charge in [0.1, 0.15) is 0 Å². The van der Waals surface area contributed by atoms with E-state index < -0.39 is 6.10 Å². The molecule has 2 nitrogen and oxygen atoms in total. The van der Waals surface area contributed by atoms with Crippen LogP contribution in [0.2, 0.25) is 5.02 Å². The van der Waals surface area contributed by atoms with Crippen LogP contribution in [0.3, 0.4) is 0 Å². The highest BCUT2D eigenvalue weighted by Gasteiger charge is 2.30. The summed E-state index contributed by atoms with van der Waals surface area (Å²) in [4.78, 5) is 0. The molecule has 1 fully saturated rings. The van der Waals surface area contributed by atoms with Gasteiger partial charge in [-0.2, -0.15) is 0 Å². The molecule has 0 heterocycles. The van der Waals surface area contributed by atoms with Crippen LogP contribution in [0.25, 0.3) is 0 Å². The van der Waals surface area contributed by atoms with E-state index in [0.29, 0.717) is 10.9 Å². The normalized spacial score (nSPS) is 20.5. The number of hydrogen-bond donors (Lipinski definition) is 2. The van der Waals surface area contributed by atoms with Crippen molar-refractivity contribution >= 4 is 11.6 Å². The number of benzene rings is 1. The van der Waals surface area contributed by atoms with Gasteiger partial charge in [-0.3, -0.25) is 0 Å². The molecule has 1 aliphatic rings. The van der Waals surface area contributed by atoms with Gasteiger partial charge in [0.15, 0.2) is 0 Å². The second-order valence-corrected chi connectivity index (χ2v) is 5.44. The van der Waals surface area contributed by atoms with E-state index in [1.807, 2.05) is 25.1 Å². The second kappa shape index (κ2) is 5.38. The summed E-state index contributed by atoms with van der Waals surface area (Å²) >= 11 is 6.18. The van der Waals surface area contributed by atoms with E-state index in [1.54, 1.807) is 0 Å². The molecule has 0 amide bonds. The summed E-state index contributed by atoms with van der Waals surface area (Å²) in [5.74, 6) is 0.334. The van der Waals surface area contributed by atoms with E-state index in [0.717, 1.165) is 24.0 Å². The van der Waals surface area contributed by atoms with Crippen LogP contribution >= 0.6 is 11.6 Å². The molecule has 0 bridgehead atoms. The van der Waals surface area contributed by atoms with Crippen molar-refractivity contribution in [2.24, 2.45) is 11.7 Å². The number of nitrogens with two attached hydrogens (primary N) is 1. The third kappa shape index (κ3) is 2.65. The minimum Gasteiger partial charge on any atom is -0.391 e. The summed E-state index contributed by atoms with van der Waals surface area (Å²) in [7, 11) is 0. The number of rotatable bonds is 3. The van der Waals surface area contributed by atoms with Crippen LogP contribution in [0.4, 0.5) is 0 Å². The van der Waals surface area contributed by atoms with Gasteiger partial charge in [-0.15, -0.1) is 0 Å². The summed E-state index contributed by atoms with van der Waals surface area (Å²) < 4.78 is 0. The summed E-state index contributed by atoms with van der Waals surface area (Å²) in [6.07, 6.45) is 4.10. The fourth-order valence-electron chi connectivity index (χ4n) is 2.83. The second-order valence-electron chi connectivity index (χ2n) is 5.03. The Hall–Kier alpha value is -0.570. The van der Waals surface area contributed by atoms with Crippen LogP contribution in [-0.4, -0.2) is 11.2 Å². The highest BCUT2D eigenvalue weighted by molar-refractivity contribution is 6.31. The van der Waals surface area contributed by atoms with E-state index in [9.17, 15) is 5.11 Å². The Morgan fingerprint density at radius 2 is 2.00 bits per heavy atom. The Bertz CT molecular complexity index is 368. The molecule has 2 atom stereocenters. The number of aliphatic hydroxyl groups excluding tert-OH is 1. The predicted molar refractivity (Wildman–Crippen MR) is 71.1 cm³/mol. The minimum absolute atomic E-state index is 0.334. The molecule has 94 valence electrons. The van der Waals surface area contributed by atoms with Gasteiger partial charge in [0.25, 0.3) is 0 Å². The standard InChI is InChI=1S/C14H20ClNO/c1-9-5-4-8-11(15)12(9)13(16)14(17)10-6-2-3-7-10/h4-5,8,10,13-14,17H,2-3,6-7,16H2,1H3/t13-,14+/m1/s1.